The Labute approximate surface area is 122 Å². The summed E-state index contributed by atoms with van der Waals surface area (Å²) in [4.78, 5) is 20.5. The van der Waals surface area contributed by atoms with E-state index in [1.165, 1.54) is 6.21 Å². The first kappa shape index (κ1) is 15.0. The van der Waals surface area contributed by atoms with Crippen LogP contribution in [0, 0.1) is 5.41 Å². The number of nitrogens with two attached hydrogens (primary N) is 1. The highest BCUT2D eigenvalue weighted by Crippen LogP contribution is 2.43. The number of carbonyl (C=O) groups excluding carboxylic acids is 1. The Kier molecular flexibility index (Phi) is 4.94. The number of amides is 1. The van der Waals surface area contributed by atoms with Crippen LogP contribution < -0.4 is 16.5 Å². The van der Waals surface area contributed by atoms with Gasteiger partial charge in [0, 0.05) is 25.2 Å². The molecule has 1 aliphatic carbocycles. The summed E-state index contributed by atoms with van der Waals surface area (Å²) in [6, 6.07) is 1.13. The molecule has 1 amide bonds. The van der Waals surface area contributed by atoms with Gasteiger partial charge in [0.1, 0.15) is 0 Å². The van der Waals surface area contributed by atoms with Crippen LogP contribution in [0.15, 0.2) is 23.6 Å². The summed E-state index contributed by atoms with van der Waals surface area (Å²) in [6.07, 6.45) is 7.83. The van der Waals surface area contributed by atoms with Crippen molar-refractivity contribution in [3.05, 3.63) is 24.3 Å². The quantitative estimate of drug-likeness (QED) is 0.292. The summed E-state index contributed by atoms with van der Waals surface area (Å²) in [6.45, 7) is 0.466. The van der Waals surface area contributed by atoms with Crippen molar-refractivity contribution in [3.8, 4) is 0 Å². The minimum absolute atomic E-state index is 0.210. The Morgan fingerprint density at radius 1 is 1.52 bits per heavy atom. The number of carbonyl (C=O) groups is 1. The van der Waals surface area contributed by atoms with Crippen molar-refractivity contribution in [2.75, 3.05) is 6.54 Å². The molecule has 1 fully saturated rings. The molecule has 8 nitrogen and oxygen atoms in total. The molecule has 5 N–H and O–H groups in total. The Balaban J connectivity index is 1.81. The van der Waals surface area contributed by atoms with Crippen LogP contribution in [0.25, 0.3) is 0 Å². The molecule has 1 atom stereocenters. The van der Waals surface area contributed by atoms with E-state index < -0.39 is 11.6 Å². The van der Waals surface area contributed by atoms with Gasteiger partial charge in [-0.15, -0.1) is 0 Å². The topological polar surface area (TPSA) is 129 Å². The van der Waals surface area contributed by atoms with Gasteiger partial charge < -0.3 is 21.9 Å². The Hall–Kier alpha value is -2.35. The molecule has 0 bridgehead atoms. The van der Waals surface area contributed by atoms with Crippen molar-refractivity contribution in [3.63, 3.8) is 0 Å². The van der Waals surface area contributed by atoms with Crippen molar-refractivity contribution in [2.24, 2.45) is 10.8 Å². The minimum Gasteiger partial charge on any atom is -0.342 e. The molecule has 112 valence electrons. The molecular formula is C13H19N7O. The third-order valence-electron chi connectivity index (χ3n) is 3.25. The summed E-state index contributed by atoms with van der Waals surface area (Å²) in [5, 5.41) is 13.4. The third-order valence-corrected chi connectivity index (χ3v) is 3.25. The summed E-state index contributed by atoms with van der Waals surface area (Å²) in [5.41, 5.74) is 8.13. The lowest BCUT2D eigenvalue weighted by Gasteiger charge is -2.19. The lowest BCUT2D eigenvalue weighted by atomic mass is 10.1. The molecule has 1 heterocycles. The highest BCUT2D eigenvalue weighted by atomic mass is 16.2. The van der Waals surface area contributed by atoms with Crippen molar-refractivity contribution >= 4 is 18.3 Å². The van der Waals surface area contributed by atoms with Crippen LogP contribution in [0.1, 0.15) is 25.1 Å². The van der Waals surface area contributed by atoms with Gasteiger partial charge >= 0.3 is 0 Å². The molecule has 0 saturated heterocycles. The first-order valence-corrected chi connectivity index (χ1v) is 6.78. The second kappa shape index (κ2) is 6.89. The van der Waals surface area contributed by atoms with Crippen molar-refractivity contribution in [1.29, 1.82) is 5.41 Å². The molecule has 2 rings (SSSR count). The van der Waals surface area contributed by atoms with Gasteiger partial charge in [0.2, 0.25) is 5.91 Å². The Bertz CT molecular complexity index is 513. The van der Waals surface area contributed by atoms with Crippen LogP contribution in [0.5, 0.6) is 0 Å². The fraction of sp³-hybridized carbons (Fsp3) is 0.462. The second-order valence-corrected chi connectivity index (χ2v) is 4.89. The molecular weight excluding hydrogens is 270 g/mol. The zero-order valence-corrected chi connectivity index (χ0v) is 11.6. The molecule has 21 heavy (non-hydrogen) atoms. The normalized spacial score (nSPS) is 17.2. The lowest BCUT2D eigenvalue weighted by molar-refractivity contribution is -0.123. The van der Waals surface area contributed by atoms with Crippen LogP contribution in [0.3, 0.4) is 0 Å². The molecule has 1 unspecified atom stereocenters. The number of aromatic nitrogens is 2. The van der Waals surface area contributed by atoms with E-state index in [9.17, 15) is 4.79 Å². The monoisotopic (exact) mass is 289 g/mol. The summed E-state index contributed by atoms with van der Waals surface area (Å²) < 4.78 is 0. The van der Waals surface area contributed by atoms with E-state index >= 15 is 0 Å². The van der Waals surface area contributed by atoms with Crippen molar-refractivity contribution in [1.82, 2.24) is 20.7 Å². The van der Waals surface area contributed by atoms with Crippen molar-refractivity contribution in [2.45, 2.75) is 30.8 Å². The van der Waals surface area contributed by atoms with Gasteiger partial charge in [-0.2, -0.15) is 5.10 Å². The molecule has 0 aromatic carbocycles. The Morgan fingerprint density at radius 2 is 2.24 bits per heavy atom. The molecule has 0 spiro atoms. The summed E-state index contributed by atoms with van der Waals surface area (Å²) >= 11 is 0. The fourth-order valence-electron chi connectivity index (χ4n) is 1.91. The Morgan fingerprint density at radius 3 is 2.86 bits per heavy atom. The molecule has 8 heteroatoms. The van der Waals surface area contributed by atoms with Gasteiger partial charge in [-0.1, -0.05) is 0 Å². The second-order valence-electron chi connectivity index (χ2n) is 4.89. The first-order valence-electron chi connectivity index (χ1n) is 6.78. The van der Waals surface area contributed by atoms with Gasteiger partial charge in [-0.25, -0.2) is 9.97 Å². The summed E-state index contributed by atoms with van der Waals surface area (Å²) in [7, 11) is 0. The van der Waals surface area contributed by atoms with Crippen molar-refractivity contribution < 1.29 is 4.79 Å². The van der Waals surface area contributed by atoms with E-state index in [1.807, 2.05) is 0 Å². The number of rotatable bonds is 8. The zero-order chi connectivity index (χ0) is 15.1. The van der Waals surface area contributed by atoms with Crippen LogP contribution in [0.4, 0.5) is 0 Å². The minimum atomic E-state index is -0.617. The molecule has 1 saturated carbocycles. The average molecular weight is 289 g/mol. The van der Waals surface area contributed by atoms with E-state index in [4.69, 9.17) is 11.1 Å². The number of hydrogen-bond acceptors (Lipinski definition) is 7. The fourth-order valence-corrected chi connectivity index (χ4v) is 1.91. The smallest absolute Gasteiger partial charge is 0.237 e. The number of hydrazone groups is 1. The van der Waals surface area contributed by atoms with E-state index in [1.54, 1.807) is 18.5 Å². The summed E-state index contributed by atoms with van der Waals surface area (Å²) in [5.74, 6) is 0.428. The van der Waals surface area contributed by atoms with Gasteiger partial charge in [0.05, 0.1) is 17.8 Å². The largest absolute Gasteiger partial charge is 0.342 e. The van der Waals surface area contributed by atoms with E-state index in [0.29, 0.717) is 18.8 Å². The maximum absolute atomic E-state index is 12.1. The maximum atomic E-state index is 12.1. The predicted octanol–water partition coefficient (Wildman–Crippen LogP) is -0.476. The van der Waals surface area contributed by atoms with E-state index in [0.717, 1.165) is 19.1 Å². The van der Waals surface area contributed by atoms with Crippen LogP contribution in [0.2, 0.25) is 0 Å². The lowest BCUT2D eigenvalue weighted by Crippen LogP contribution is -2.46. The van der Waals surface area contributed by atoms with Gasteiger partial charge in [-0.3, -0.25) is 4.79 Å². The molecule has 1 aromatic heterocycles. The van der Waals surface area contributed by atoms with Crippen LogP contribution in [-0.4, -0.2) is 40.9 Å². The van der Waals surface area contributed by atoms with E-state index in [-0.39, 0.29) is 5.91 Å². The highest BCUT2D eigenvalue weighted by molar-refractivity contribution is 6.14. The average Bonchev–Trinajstić information content (AvgIpc) is 3.28. The van der Waals surface area contributed by atoms with Gasteiger partial charge in [0.15, 0.2) is 5.82 Å². The molecule has 0 aliphatic heterocycles. The maximum Gasteiger partial charge on any atom is 0.237 e. The van der Waals surface area contributed by atoms with E-state index in [2.05, 4.69) is 25.8 Å². The number of hydrogen-bond donors (Lipinski definition) is 4. The van der Waals surface area contributed by atoms with Crippen LogP contribution >= 0.6 is 0 Å². The van der Waals surface area contributed by atoms with Gasteiger partial charge in [0.25, 0.3) is 0 Å². The van der Waals surface area contributed by atoms with Gasteiger partial charge in [-0.05, 0) is 25.3 Å². The zero-order valence-electron chi connectivity index (χ0n) is 11.6. The standard InChI is InChI=1S/C13H19N7O/c14-5-9-19-18-8-2-10(15)11(21)20-13(3-4-13)12-16-6-1-7-17-12/h1,5-7,9-10,14,18H,2-4,8,15H2,(H,20,21)/b14-5?,19-9-. The SMILES string of the molecule is N=C/C=N\NCCC(N)C(=O)NC1(c2ncccn2)CC1. The number of nitrogens with one attached hydrogen (secondary N) is 3. The number of nitrogens with zero attached hydrogens (tertiary/aromatic N) is 3. The predicted molar refractivity (Wildman–Crippen MR) is 79.0 cm³/mol. The molecule has 1 aromatic rings. The van der Waals surface area contributed by atoms with Crippen LogP contribution in [-0.2, 0) is 10.3 Å². The molecule has 0 radical (unpaired) electrons. The molecule has 1 aliphatic rings. The third kappa shape index (κ3) is 4.06. The highest BCUT2D eigenvalue weighted by Gasteiger charge is 2.48. The first-order chi connectivity index (χ1) is 10.2.